The van der Waals surface area contributed by atoms with Crippen molar-refractivity contribution in [3.8, 4) is 0 Å². The van der Waals surface area contributed by atoms with Crippen LogP contribution in [0.1, 0.15) is 30.5 Å². The minimum Gasteiger partial charge on any atom is -0.378 e. The number of hydrogen-bond donors (Lipinski definition) is 1. The standard InChI is InChI=1S/C24H27N5O2/c30-22-18-7-8-24(21(18)26-23(27-22)29-13-15-31-16-14-29)9-11-28(12-10-24)20-6-5-17-3-1-2-4-19(17)25-20/h1-6H,7-16H2,(H,26,27,30). The van der Waals surface area contributed by atoms with Crippen molar-refractivity contribution in [2.45, 2.75) is 31.1 Å². The van der Waals surface area contributed by atoms with Crippen LogP contribution >= 0.6 is 0 Å². The van der Waals surface area contributed by atoms with Gasteiger partial charge in [-0.05, 0) is 43.9 Å². The lowest BCUT2D eigenvalue weighted by atomic mass is 9.76. The van der Waals surface area contributed by atoms with Crippen molar-refractivity contribution in [1.29, 1.82) is 0 Å². The molecule has 1 N–H and O–H groups in total. The summed E-state index contributed by atoms with van der Waals surface area (Å²) in [4.78, 5) is 30.3. The Bertz CT molecular complexity index is 1180. The van der Waals surface area contributed by atoms with Gasteiger partial charge in [-0.2, -0.15) is 0 Å². The smallest absolute Gasteiger partial charge is 0.255 e. The number of fused-ring (bicyclic) bond motifs is 3. The first-order valence-corrected chi connectivity index (χ1v) is 11.3. The van der Waals surface area contributed by atoms with Gasteiger partial charge in [-0.25, -0.2) is 9.97 Å². The van der Waals surface area contributed by atoms with Gasteiger partial charge in [0, 0.05) is 42.5 Å². The highest BCUT2D eigenvalue weighted by atomic mass is 16.5. The summed E-state index contributed by atoms with van der Waals surface area (Å²) in [6.45, 7) is 4.78. The number of nitrogens with one attached hydrogen (secondary N) is 1. The molecule has 1 spiro atoms. The van der Waals surface area contributed by atoms with E-state index in [9.17, 15) is 4.79 Å². The number of nitrogens with zero attached hydrogens (tertiary/aromatic N) is 4. The molecule has 7 nitrogen and oxygen atoms in total. The highest BCUT2D eigenvalue weighted by Gasteiger charge is 2.44. The quantitative estimate of drug-likeness (QED) is 0.691. The van der Waals surface area contributed by atoms with Gasteiger partial charge < -0.3 is 14.5 Å². The van der Waals surface area contributed by atoms with Crippen LogP contribution in [0.25, 0.3) is 10.9 Å². The number of rotatable bonds is 2. The molecule has 0 radical (unpaired) electrons. The summed E-state index contributed by atoms with van der Waals surface area (Å²) < 4.78 is 5.46. The number of ether oxygens (including phenoxy) is 1. The molecule has 1 aliphatic carbocycles. The van der Waals surface area contributed by atoms with Crippen molar-refractivity contribution in [2.75, 3.05) is 49.2 Å². The molecule has 160 valence electrons. The average Bonchev–Trinajstić information content (AvgIpc) is 3.18. The van der Waals surface area contributed by atoms with Gasteiger partial charge >= 0.3 is 0 Å². The maximum Gasteiger partial charge on any atom is 0.255 e. The third-order valence-electron chi connectivity index (χ3n) is 7.30. The number of hydrogen-bond acceptors (Lipinski definition) is 6. The van der Waals surface area contributed by atoms with E-state index in [1.54, 1.807) is 0 Å². The van der Waals surface area contributed by atoms with Gasteiger partial charge in [0.05, 0.1) is 24.4 Å². The number of morpholine rings is 1. The van der Waals surface area contributed by atoms with Gasteiger partial charge in [0.1, 0.15) is 5.82 Å². The van der Waals surface area contributed by atoms with Gasteiger partial charge in [-0.1, -0.05) is 18.2 Å². The van der Waals surface area contributed by atoms with Gasteiger partial charge in [-0.15, -0.1) is 0 Å². The molecule has 0 bridgehead atoms. The van der Waals surface area contributed by atoms with E-state index >= 15 is 0 Å². The lowest BCUT2D eigenvalue weighted by Crippen LogP contribution is -2.43. The zero-order valence-corrected chi connectivity index (χ0v) is 17.6. The van der Waals surface area contributed by atoms with Gasteiger partial charge in [-0.3, -0.25) is 9.78 Å². The molecule has 2 aliphatic heterocycles. The molecule has 4 heterocycles. The first kappa shape index (κ1) is 18.8. The van der Waals surface area contributed by atoms with Crippen LogP contribution in [0.5, 0.6) is 0 Å². The Morgan fingerprint density at radius 3 is 2.55 bits per heavy atom. The second-order valence-corrected chi connectivity index (χ2v) is 8.95. The summed E-state index contributed by atoms with van der Waals surface area (Å²) in [5, 5.41) is 1.17. The minimum atomic E-state index is 0.0119. The van der Waals surface area contributed by atoms with Gasteiger partial charge in [0.15, 0.2) is 0 Å². The Kier molecular flexibility index (Phi) is 4.45. The van der Waals surface area contributed by atoms with Crippen molar-refractivity contribution in [2.24, 2.45) is 0 Å². The average molecular weight is 418 g/mol. The number of H-pyrrole nitrogens is 1. The van der Waals surface area contributed by atoms with Crippen LogP contribution in [0, 0.1) is 0 Å². The van der Waals surface area contributed by atoms with E-state index in [0.29, 0.717) is 19.2 Å². The fourth-order valence-electron chi connectivity index (χ4n) is 5.45. The molecule has 2 aromatic heterocycles. The van der Waals surface area contributed by atoms with Crippen molar-refractivity contribution >= 4 is 22.7 Å². The van der Waals surface area contributed by atoms with Gasteiger partial charge in [0.2, 0.25) is 5.95 Å². The zero-order valence-electron chi connectivity index (χ0n) is 17.6. The molecule has 3 aliphatic rings. The Morgan fingerprint density at radius 1 is 0.903 bits per heavy atom. The Balaban J connectivity index is 1.27. The second kappa shape index (κ2) is 7.34. The summed E-state index contributed by atoms with van der Waals surface area (Å²) in [6.07, 6.45) is 3.86. The lowest BCUT2D eigenvalue weighted by molar-refractivity contribution is 0.122. The van der Waals surface area contributed by atoms with E-state index in [-0.39, 0.29) is 11.0 Å². The molecule has 1 aromatic carbocycles. The summed E-state index contributed by atoms with van der Waals surface area (Å²) in [7, 11) is 0. The van der Waals surface area contributed by atoms with E-state index in [1.807, 2.05) is 12.1 Å². The summed E-state index contributed by atoms with van der Waals surface area (Å²) in [5.74, 6) is 1.76. The molecule has 2 saturated heterocycles. The fraction of sp³-hybridized carbons (Fsp3) is 0.458. The molecule has 3 aromatic rings. The van der Waals surface area contributed by atoms with E-state index in [4.69, 9.17) is 14.7 Å². The highest BCUT2D eigenvalue weighted by molar-refractivity contribution is 5.80. The first-order valence-electron chi connectivity index (χ1n) is 11.3. The molecule has 31 heavy (non-hydrogen) atoms. The molecule has 2 fully saturated rings. The Morgan fingerprint density at radius 2 is 1.71 bits per heavy atom. The molecular formula is C24H27N5O2. The summed E-state index contributed by atoms with van der Waals surface area (Å²) in [6, 6.07) is 12.5. The molecule has 0 atom stereocenters. The molecule has 7 heteroatoms. The van der Waals surface area contributed by atoms with Crippen molar-refractivity contribution in [3.63, 3.8) is 0 Å². The number of anilines is 2. The normalized spacial score (nSPS) is 20.4. The third-order valence-corrected chi connectivity index (χ3v) is 7.30. The first-order chi connectivity index (χ1) is 15.2. The van der Waals surface area contributed by atoms with Crippen LogP contribution in [0.3, 0.4) is 0 Å². The van der Waals surface area contributed by atoms with E-state index in [1.165, 1.54) is 5.39 Å². The SMILES string of the molecule is O=c1[nH]c(N2CCOCC2)nc2c1CCC21CCN(c2ccc3ccccc3n2)CC1. The maximum atomic E-state index is 12.8. The van der Waals surface area contributed by atoms with Crippen molar-refractivity contribution in [1.82, 2.24) is 15.0 Å². The lowest BCUT2D eigenvalue weighted by Gasteiger charge is -2.40. The van der Waals surface area contributed by atoms with Crippen LogP contribution in [0.2, 0.25) is 0 Å². The van der Waals surface area contributed by atoms with Crippen molar-refractivity contribution in [3.05, 3.63) is 58.0 Å². The molecule has 6 rings (SSSR count). The van der Waals surface area contributed by atoms with Gasteiger partial charge in [0.25, 0.3) is 5.56 Å². The number of aromatic amines is 1. The fourth-order valence-corrected chi connectivity index (χ4v) is 5.45. The number of pyridine rings is 1. The van der Waals surface area contributed by atoms with Crippen LogP contribution in [-0.4, -0.2) is 54.3 Å². The number of aromatic nitrogens is 3. The second-order valence-electron chi connectivity index (χ2n) is 8.95. The molecule has 0 saturated carbocycles. The summed E-state index contributed by atoms with van der Waals surface area (Å²) >= 11 is 0. The highest BCUT2D eigenvalue weighted by Crippen LogP contribution is 2.45. The largest absolute Gasteiger partial charge is 0.378 e. The molecular weight excluding hydrogens is 390 g/mol. The van der Waals surface area contributed by atoms with Crippen LogP contribution in [-0.2, 0) is 16.6 Å². The van der Waals surface area contributed by atoms with Crippen LogP contribution < -0.4 is 15.4 Å². The topological polar surface area (TPSA) is 74.3 Å². The predicted octanol–water partition coefficient (Wildman–Crippen LogP) is 2.64. The zero-order chi connectivity index (χ0) is 20.8. The van der Waals surface area contributed by atoms with E-state index in [2.05, 4.69) is 39.0 Å². The maximum absolute atomic E-state index is 12.8. The van der Waals surface area contributed by atoms with Crippen LogP contribution in [0.15, 0.2) is 41.2 Å². The Hall–Kier alpha value is -2.93. The molecule has 0 amide bonds. The van der Waals surface area contributed by atoms with Crippen molar-refractivity contribution < 1.29 is 4.74 Å². The van der Waals surface area contributed by atoms with E-state index < -0.39 is 0 Å². The minimum absolute atomic E-state index is 0.0119. The monoisotopic (exact) mass is 417 g/mol. The Labute approximate surface area is 181 Å². The summed E-state index contributed by atoms with van der Waals surface area (Å²) in [5.41, 5.74) is 3.04. The third kappa shape index (κ3) is 3.19. The number of piperidine rings is 1. The van der Waals surface area contributed by atoms with E-state index in [0.717, 1.165) is 74.5 Å². The molecule has 0 unspecified atom stereocenters. The number of para-hydroxylation sites is 1. The van der Waals surface area contributed by atoms with Crippen LogP contribution in [0.4, 0.5) is 11.8 Å². The number of benzene rings is 1. The predicted molar refractivity (Wildman–Crippen MR) is 121 cm³/mol.